The third kappa shape index (κ3) is 6.97. The van der Waals surface area contributed by atoms with E-state index in [1.54, 1.807) is 0 Å². The van der Waals surface area contributed by atoms with Crippen LogP contribution in [0.5, 0.6) is 0 Å². The molecule has 11 aromatic carbocycles. The number of furan rings is 1. The molecule has 4 heteroatoms. The quantitative estimate of drug-likeness (QED) is 0.164. The van der Waals surface area contributed by atoms with Crippen molar-refractivity contribution in [1.82, 2.24) is 4.57 Å². The summed E-state index contributed by atoms with van der Waals surface area (Å²) in [6.45, 7) is 2.41. The van der Waals surface area contributed by atoms with Crippen molar-refractivity contribution in [2.45, 2.75) is 31.6 Å². The lowest BCUT2D eigenvalue weighted by Crippen LogP contribution is -2.31. The number of para-hydroxylation sites is 1. The van der Waals surface area contributed by atoms with E-state index in [-0.39, 0.29) is 5.41 Å². The lowest BCUT2D eigenvalue weighted by molar-refractivity contribution is 0.561. The Balaban J connectivity index is 0.969. The molecule has 4 nitrogen and oxygen atoms in total. The lowest BCUT2D eigenvalue weighted by Gasteiger charge is -2.39. The van der Waals surface area contributed by atoms with Gasteiger partial charge in [-0.2, -0.15) is 0 Å². The van der Waals surface area contributed by atoms with Crippen LogP contribution in [0.25, 0.3) is 98.9 Å². The minimum absolute atomic E-state index is 0.238. The molecular formula is C71H49N3O. The molecule has 0 amide bonds. The molecule has 0 fully saturated rings. The van der Waals surface area contributed by atoms with Crippen LogP contribution in [0.15, 0.2) is 257 Å². The molecule has 0 saturated carbocycles. The summed E-state index contributed by atoms with van der Waals surface area (Å²) in [5, 5.41) is 9.20. The van der Waals surface area contributed by atoms with Gasteiger partial charge in [0, 0.05) is 49.2 Å². The molecule has 1 aliphatic carbocycles. The second-order valence-electron chi connectivity index (χ2n) is 20.5. The van der Waals surface area contributed by atoms with Gasteiger partial charge in [0.1, 0.15) is 11.2 Å². The first-order chi connectivity index (χ1) is 37.0. The number of amidine groups is 1. The Morgan fingerprint density at radius 1 is 0.440 bits per heavy atom. The number of fused-ring (bicyclic) bond motifs is 12. The van der Waals surface area contributed by atoms with E-state index < -0.39 is 0 Å². The van der Waals surface area contributed by atoms with Crippen LogP contribution in [0.4, 0.5) is 0 Å². The molecular weight excluding hydrogens is 911 g/mol. The van der Waals surface area contributed by atoms with Gasteiger partial charge in [0.25, 0.3) is 0 Å². The number of hydrogen-bond acceptors (Lipinski definition) is 3. The second-order valence-corrected chi connectivity index (χ2v) is 20.5. The van der Waals surface area contributed by atoms with Crippen molar-refractivity contribution in [1.29, 1.82) is 0 Å². The second kappa shape index (κ2) is 17.1. The van der Waals surface area contributed by atoms with E-state index in [2.05, 4.69) is 254 Å². The summed E-state index contributed by atoms with van der Waals surface area (Å²) in [7, 11) is 0. The standard InChI is InChI=1S/C71H49N3O/c1-71(51-23-6-3-7-24-51)44-62-54(55-26-12-14-30-63(55)71)28-16-29-56(62)64-31-17-32-65(73-70(72-64)48-36-34-46(35-37-48)45-18-4-2-5-19-45)61-43-52(42-60-58-39-38-47-20-10-11-25-53(47)68(58)75-69(60)61)74-66-33-15-13-27-57(66)59-40-49-21-8-9-22-50(49)41-67(59)74/h2-16,18-30,32-43H,17,31,44H2,1H3/b65-32-,72-64+,73-70-. The highest BCUT2D eigenvalue weighted by Crippen LogP contribution is 2.49. The maximum atomic E-state index is 7.21. The molecule has 1 atom stereocenters. The van der Waals surface area contributed by atoms with Crippen LogP contribution in [0, 0.1) is 0 Å². The summed E-state index contributed by atoms with van der Waals surface area (Å²) >= 11 is 0. The first-order valence-corrected chi connectivity index (χ1v) is 26.1. The Bertz CT molecular complexity index is 4550. The predicted octanol–water partition coefficient (Wildman–Crippen LogP) is 18.3. The first kappa shape index (κ1) is 43.2. The largest absolute Gasteiger partial charge is 0.455 e. The molecule has 75 heavy (non-hydrogen) atoms. The molecule has 0 saturated heterocycles. The number of aromatic nitrogens is 1. The van der Waals surface area contributed by atoms with E-state index in [0.29, 0.717) is 5.84 Å². The number of benzene rings is 11. The highest BCUT2D eigenvalue weighted by atomic mass is 16.3. The maximum absolute atomic E-state index is 7.21. The van der Waals surface area contributed by atoms with E-state index in [4.69, 9.17) is 14.4 Å². The van der Waals surface area contributed by atoms with E-state index in [1.165, 1.54) is 60.5 Å². The minimum Gasteiger partial charge on any atom is -0.455 e. The number of hydrogen-bond donors (Lipinski definition) is 0. The van der Waals surface area contributed by atoms with E-state index in [9.17, 15) is 0 Å². The molecule has 1 unspecified atom stereocenters. The van der Waals surface area contributed by atoms with Crippen LogP contribution < -0.4 is 0 Å². The first-order valence-electron chi connectivity index (χ1n) is 26.1. The number of rotatable bonds is 6. The topological polar surface area (TPSA) is 42.8 Å². The molecule has 0 spiro atoms. The van der Waals surface area contributed by atoms with Gasteiger partial charge < -0.3 is 8.98 Å². The fourth-order valence-electron chi connectivity index (χ4n) is 12.5. The average molecular weight is 960 g/mol. The zero-order chi connectivity index (χ0) is 49.6. The van der Waals surface area contributed by atoms with Crippen molar-refractivity contribution in [3.05, 3.63) is 276 Å². The van der Waals surface area contributed by atoms with Crippen molar-refractivity contribution >= 4 is 82.5 Å². The van der Waals surface area contributed by atoms with Gasteiger partial charge in [-0.3, -0.25) is 0 Å². The zero-order valence-electron chi connectivity index (χ0n) is 41.5. The van der Waals surface area contributed by atoms with Gasteiger partial charge in [-0.1, -0.05) is 213 Å². The van der Waals surface area contributed by atoms with Crippen LogP contribution in [0.2, 0.25) is 0 Å². The minimum atomic E-state index is -0.238. The normalized spacial score (nSPS) is 17.7. The van der Waals surface area contributed by atoms with E-state index in [0.717, 1.165) is 96.8 Å². The molecule has 2 aliphatic rings. The van der Waals surface area contributed by atoms with Crippen molar-refractivity contribution in [2.75, 3.05) is 0 Å². The predicted molar refractivity (Wildman–Crippen MR) is 314 cm³/mol. The monoisotopic (exact) mass is 959 g/mol. The fraction of sp³-hybridized carbons (Fsp3) is 0.0704. The summed E-state index contributed by atoms with van der Waals surface area (Å²) in [5.41, 5.74) is 18.6. The van der Waals surface area contributed by atoms with Crippen LogP contribution in [-0.2, 0) is 11.8 Å². The van der Waals surface area contributed by atoms with Gasteiger partial charge in [-0.25, -0.2) is 9.98 Å². The summed E-state index contributed by atoms with van der Waals surface area (Å²) in [5.74, 6) is 0.665. The SMILES string of the molecule is CC1(c2ccccc2)Cc2c(/C3=N/C(c4ccc(-c5ccccc5)cc4)=N\C(c4cc(-n5c6ccccc6c6cc7ccccc7cc65)cc5c4oc4c6ccccc6ccc54)=C/CC3)cccc2-c2ccccc21. The Kier molecular flexibility index (Phi) is 9.86. The van der Waals surface area contributed by atoms with Gasteiger partial charge in [-0.15, -0.1) is 0 Å². The highest BCUT2D eigenvalue weighted by molar-refractivity contribution is 6.20. The number of allylic oxidation sites excluding steroid dienone is 1. The Morgan fingerprint density at radius 3 is 1.95 bits per heavy atom. The summed E-state index contributed by atoms with van der Waals surface area (Å²) in [4.78, 5) is 11.5. The molecule has 1 aliphatic heterocycles. The molecule has 354 valence electrons. The Hall–Kier alpha value is -9.38. The smallest absolute Gasteiger partial charge is 0.160 e. The maximum Gasteiger partial charge on any atom is 0.160 e. The molecule has 0 bridgehead atoms. The summed E-state index contributed by atoms with van der Waals surface area (Å²) in [6.07, 6.45) is 4.62. The van der Waals surface area contributed by atoms with Crippen molar-refractivity contribution in [3.63, 3.8) is 0 Å². The van der Waals surface area contributed by atoms with Gasteiger partial charge in [-0.05, 0) is 116 Å². The number of nitrogens with zero attached hydrogens (tertiary/aromatic N) is 3. The molecule has 3 heterocycles. The van der Waals surface area contributed by atoms with E-state index in [1.807, 2.05) is 0 Å². The fourth-order valence-corrected chi connectivity index (χ4v) is 12.5. The van der Waals surface area contributed by atoms with Gasteiger partial charge in [0.15, 0.2) is 5.84 Å². The number of aliphatic imine (C=N–C) groups is 2. The highest BCUT2D eigenvalue weighted by Gasteiger charge is 2.38. The van der Waals surface area contributed by atoms with Crippen molar-refractivity contribution in [2.24, 2.45) is 9.98 Å². The van der Waals surface area contributed by atoms with Crippen LogP contribution >= 0.6 is 0 Å². The van der Waals surface area contributed by atoms with Gasteiger partial charge in [0.05, 0.1) is 22.4 Å². The Labute approximate surface area is 434 Å². The lowest BCUT2D eigenvalue weighted by atomic mass is 9.64. The Morgan fingerprint density at radius 2 is 1.11 bits per heavy atom. The molecule has 13 aromatic rings. The molecule has 0 N–H and O–H groups in total. The molecule has 2 aromatic heterocycles. The third-order valence-electron chi connectivity index (χ3n) is 16.2. The van der Waals surface area contributed by atoms with Crippen LogP contribution in [-0.4, -0.2) is 16.1 Å². The van der Waals surface area contributed by atoms with Crippen LogP contribution in [0.3, 0.4) is 0 Å². The molecule has 15 rings (SSSR count). The van der Waals surface area contributed by atoms with Gasteiger partial charge in [0.2, 0.25) is 0 Å². The summed E-state index contributed by atoms with van der Waals surface area (Å²) < 4.78 is 9.65. The summed E-state index contributed by atoms with van der Waals surface area (Å²) in [6, 6.07) is 85.9. The van der Waals surface area contributed by atoms with Crippen molar-refractivity contribution in [3.8, 4) is 27.9 Å². The van der Waals surface area contributed by atoms with Gasteiger partial charge >= 0.3 is 0 Å². The average Bonchev–Trinajstić information content (AvgIpc) is 4.01. The molecule has 0 radical (unpaired) electrons. The van der Waals surface area contributed by atoms with Crippen molar-refractivity contribution < 1.29 is 4.42 Å². The van der Waals surface area contributed by atoms with Crippen LogP contribution in [0.1, 0.15) is 53.1 Å². The van der Waals surface area contributed by atoms with E-state index >= 15 is 0 Å². The zero-order valence-corrected chi connectivity index (χ0v) is 41.5. The third-order valence-corrected chi connectivity index (χ3v) is 16.2.